The lowest BCUT2D eigenvalue weighted by atomic mass is 9.94. The summed E-state index contributed by atoms with van der Waals surface area (Å²) in [5.74, 6) is -0.829. The SMILES string of the molecule is COC(=O)C1Nc2c(C)cccc2C(=O)C1=S. The van der Waals surface area contributed by atoms with E-state index in [1.165, 1.54) is 7.11 Å². The lowest BCUT2D eigenvalue weighted by Crippen LogP contribution is -2.45. The van der Waals surface area contributed by atoms with Crippen LogP contribution in [-0.2, 0) is 9.53 Å². The van der Waals surface area contributed by atoms with E-state index in [2.05, 4.69) is 10.1 Å². The second-order valence-electron chi connectivity index (χ2n) is 3.79. The normalized spacial score (nSPS) is 18.4. The van der Waals surface area contributed by atoms with E-state index >= 15 is 0 Å². The summed E-state index contributed by atoms with van der Waals surface area (Å²) < 4.78 is 4.62. The predicted molar refractivity (Wildman–Crippen MR) is 67.5 cm³/mol. The third-order valence-corrected chi connectivity index (χ3v) is 3.15. The Balaban J connectivity index is 2.51. The molecular formula is C12H11NO3S. The molecule has 0 fully saturated rings. The Hall–Kier alpha value is -1.75. The molecule has 1 aliphatic rings. The quantitative estimate of drug-likeness (QED) is 0.604. The number of aryl methyl sites for hydroxylation is 1. The first kappa shape index (κ1) is 11.7. The Morgan fingerprint density at radius 2 is 2.18 bits per heavy atom. The number of hydrogen-bond acceptors (Lipinski definition) is 5. The van der Waals surface area contributed by atoms with Crippen LogP contribution in [0, 0.1) is 6.92 Å². The van der Waals surface area contributed by atoms with Crippen molar-refractivity contribution < 1.29 is 14.3 Å². The molecule has 1 heterocycles. The summed E-state index contributed by atoms with van der Waals surface area (Å²) >= 11 is 5.00. The number of hydrogen-bond donors (Lipinski definition) is 1. The highest BCUT2D eigenvalue weighted by molar-refractivity contribution is 7.82. The van der Waals surface area contributed by atoms with E-state index in [9.17, 15) is 9.59 Å². The number of Topliss-reactive ketones (excluding diaryl/α,β-unsaturated/α-hetero) is 1. The molecule has 0 bridgehead atoms. The number of rotatable bonds is 1. The molecule has 0 spiro atoms. The summed E-state index contributed by atoms with van der Waals surface area (Å²) in [4.78, 5) is 23.6. The summed E-state index contributed by atoms with van der Waals surface area (Å²) in [7, 11) is 1.27. The van der Waals surface area contributed by atoms with Crippen molar-refractivity contribution in [3.8, 4) is 0 Å². The van der Waals surface area contributed by atoms with Gasteiger partial charge in [0.05, 0.1) is 12.0 Å². The molecule has 0 radical (unpaired) electrons. The molecule has 17 heavy (non-hydrogen) atoms. The molecule has 0 saturated heterocycles. The molecule has 1 aromatic rings. The first-order chi connectivity index (χ1) is 8.06. The molecule has 1 unspecified atom stereocenters. The minimum Gasteiger partial charge on any atom is -0.467 e. The molecule has 1 N–H and O–H groups in total. The van der Waals surface area contributed by atoms with Crippen LogP contribution in [0.1, 0.15) is 15.9 Å². The zero-order chi connectivity index (χ0) is 12.6. The average Bonchev–Trinajstić information content (AvgIpc) is 2.33. The number of carbonyl (C=O) groups excluding carboxylic acids is 2. The van der Waals surface area contributed by atoms with Crippen LogP contribution in [0.15, 0.2) is 18.2 Å². The van der Waals surface area contributed by atoms with Crippen LogP contribution in [0.4, 0.5) is 5.69 Å². The number of thiocarbonyl (C=S) groups is 1. The van der Waals surface area contributed by atoms with Gasteiger partial charge in [0.1, 0.15) is 0 Å². The van der Waals surface area contributed by atoms with Crippen molar-refractivity contribution >= 4 is 34.5 Å². The van der Waals surface area contributed by atoms with Crippen molar-refractivity contribution in [2.45, 2.75) is 13.0 Å². The van der Waals surface area contributed by atoms with Crippen LogP contribution in [0.2, 0.25) is 0 Å². The number of methoxy groups -OCH3 is 1. The second kappa shape index (κ2) is 4.25. The number of ether oxygens (including phenoxy) is 1. The standard InChI is InChI=1S/C12H11NO3S/c1-6-4-3-5-7-8(6)13-9(12(15)16-2)11(17)10(7)14/h3-5,9,13H,1-2H3. The first-order valence-electron chi connectivity index (χ1n) is 5.08. The van der Waals surface area contributed by atoms with Crippen molar-refractivity contribution in [3.05, 3.63) is 29.3 Å². The maximum absolute atomic E-state index is 12.0. The van der Waals surface area contributed by atoms with Crippen molar-refractivity contribution in [1.82, 2.24) is 0 Å². The van der Waals surface area contributed by atoms with Crippen molar-refractivity contribution in [1.29, 1.82) is 0 Å². The third kappa shape index (κ3) is 1.82. The highest BCUT2D eigenvalue weighted by atomic mass is 32.1. The molecule has 5 heteroatoms. The van der Waals surface area contributed by atoms with Crippen LogP contribution in [0.3, 0.4) is 0 Å². The Kier molecular flexibility index (Phi) is 2.93. The molecule has 0 aromatic heterocycles. The molecule has 0 aliphatic carbocycles. The third-order valence-electron chi connectivity index (χ3n) is 2.73. The summed E-state index contributed by atoms with van der Waals surface area (Å²) in [6.45, 7) is 1.86. The fraction of sp³-hybridized carbons (Fsp3) is 0.250. The largest absolute Gasteiger partial charge is 0.467 e. The zero-order valence-electron chi connectivity index (χ0n) is 9.44. The Morgan fingerprint density at radius 3 is 2.82 bits per heavy atom. The molecule has 0 amide bonds. The molecular weight excluding hydrogens is 238 g/mol. The number of ketones is 1. The fourth-order valence-corrected chi connectivity index (χ4v) is 2.07. The van der Waals surface area contributed by atoms with Crippen LogP contribution in [-0.4, -0.2) is 29.8 Å². The predicted octanol–water partition coefficient (Wildman–Crippen LogP) is 1.51. The molecule has 0 saturated carbocycles. The van der Waals surface area contributed by atoms with Crippen molar-refractivity contribution in [2.24, 2.45) is 0 Å². The van der Waals surface area contributed by atoms with Gasteiger partial charge in [-0.25, -0.2) is 4.79 Å². The smallest absolute Gasteiger partial charge is 0.334 e. The number of para-hydroxylation sites is 1. The van der Waals surface area contributed by atoms with Gasteiger partial charge in [-0.3, -0.25) is 4.79 Å². The van der Waals surface area contributed by atoms with Gasteiger partial charge in [0.25, 0.3) is 0 Å². The monoisotopic (exact) mass is 249 g/mol. The van der Waals surface area contributed by atoms with Gasteiger partial charge in [0, 0.05) is 11.3 Å². The van der Waals surface area contributed by atoms with E-state index in [0.717, 1.165) is 5.56 Å². The van der Waals surface area contributed by atoms with E-state index in [1.54, 1.807) is 12.1 Å². The summed E-state index contributed by atoms with van der Waals surface area (Å²) in [5, 5.41) is 2.96. The van der Waals surface area contributed by atoms with Crippen molar-refractivity contribution in [2.75, 3.05) is 12.4 Å². The van der Waals surface area contributed by atoms with Crippen LogP contribution < -0.4 is 5.32 Å². The van der Waals surface area contributed by atoms with Gasteiger partial charge in [0.15, 0.2) is 6.04 Å². The maximum atomic E-state index is 12.0. The molecule has 1 atom stereocenters. The average molecular weight is 249 g/mol. The molecule has 1 aliphatic heterocycles. The number of esters is 1. The highest BCUT2D eigenvalue weighted by Crippen LogP contribution is 2.27. The Bertz CT molecular complexity index is 524. The van der Waals surface area contributed by atoms with Gasteiger partial charge in [-0.2, -0.15) is 0 Å². The topological polar surface area (TPSA) is 55.4 Å². The molecule has 88 valence electrons. The van der Waals surface area contributed by atoms with Gasteiger partial charge in [-0.15, -0.1) is 0 Å². The summed E-state index contributed by atoms with van der Waals surface area (Å²) in [5.41, 5.74) is 2.06. The van der Waals surface area contributed by atoms with Gasteiger partial charge < -0.3 is 10.1 Å². The van der Waals surface area contributed by atoms with Crippen LogP contribution in [0.25, 0.3) is 0 Å². The molecule has 1 aromatic carbocycles. The summed E-state index contributed by atoms with van der Waals surface area (Å²) in [6, 6.07) is 4.48. The van der Waals surface area contributed by atoms with Crippen molar-refractivity contribution in [3.63, 3.8) is 0 Å². The van der Waals surface area contributed by atoms with E-state index in [4.69, 9.17) is 12.2 Å². The number of fused-ring (bicyclic) bond motifs is 1. The van der Waals surface area contributed by atoms with Gasteiger partial charge >= 0.3 is 5.97 Å². The van der Waals surface area contributed by atoms with Gasteiger partial charge in [-0.05, 0) is 18.6 Å². The molecule has 2 rings (SSSR count). The minimum atomic E-state index is -0.865. The number of nitrogens with one attached hydrogen (secondary N) is 1. The number of anilines is 1. The van der Waals surface area contributed by atoms with E-state index in [-0.39, 0.29) is 10.6 Å². The maximum Gasteiger partial charge on any atom is 0.334 e. The van der Waals surface area contributed by atoms with Crippen LogP contribution >= 0.6 is 12.2 Å². The number of benzene rings is 1. The molecule has 4 nitrogen and oxygen atoms in total. The highest BCUT2D eigenvalue weighted by Gasteiger charge is 2.35. The number of carbonyl (C=O) groups is 2. The van der Waals surface area contributed by atoms with E-state index in [1.807, 2.05) is 13.0 Å². The Morgan fingerprint density at radius 1 is 1.47 bits per heavy atom. The van der Waals surface area contributed by atoms with E-state index in [0.29, 0.717) is 11.3 Å². The second-order valence-corrected chi connectivity index (χ2v) is 4.23. The van der Waals surface area contributed by atoms with Gasteiger partial charge in [-0.1, -0.05) is 24.4 Å². The van der Waals surface area contributed by atoms with Crippen LogP contribution in [0.5, 0.6) is 0 Å². The Labute approximate surface area is 104 Å². The lowest BCUT2D eigenvalue weighted by Gasteiger charge is -2.26. The fourth-order valence-electron chi connectivity index (χ4n) is 1.81. The minimum absolute atomic E-state index is 0.0509. The van der Waals surface area contributed by atoms with E-state index < -0.39 is 12.0 Å². The lowest BCUT2D eigenvalue weighted by molar-refractivity contribution is -0.139. The zero-order valence-corrected chi connectivity index (χ0v) is 10.3. The van der Waals surface area contributed by atoms with Gasteiger partial charge in [0.2, 0.25) is 5.78 Å². The first-order valence-corrected chi connectivity index (χ1v) is 5.49. The summed E-state index contributed by atoms with van der Waals surface area (Å²) in [6.07, 6.45) is 0.